The molecule has 1 atom stereocenters. The summed E-state index contributed by atoms with van der Waals surface area (Å²) in [4.78, 5) is 11.3. The molecule has 0 fully saturated rings. The zero-order chi connectivity index (χ0) is 16.0. The van der Waals surface area contributed by atoms with Gasteiger partial charge in [-0.25, -0.2) is 0 Å². The molecule has 0 spiro atoms. The molecule has 4 nitrogen and oxygen atoms in total. The molecule has 0 heterocycles. The van der Waals surface area contributed by atoms with Gasteiger partial charge < -0.3 is 15.8 Å². The minimum Gasteiger partial charge on any atom is -0.483 e. The fraction of sp³-hybridized carbons (Fsp3) is 0.462. The van der Waals surface area contributed by atoms with Crippen LogP contribution in [0.2, 0.25) is 5.02 Å². The average molecular weight is 325 g/mol. The van der Waals surface area contributed by atoms with Crippen molar-refractivity contribution in [1.82, 2.24) is 5.32 Å². The molecule has 118 valence electrons. The minimum absolute atomic E-state index is 0.148. The third kappa shape index (κ3) is 7.19. The van der Waals surface area contributed by atoms with Gasteiger partial charge in [0.1, 0.15) is 12.3 Å². The van der Waals surface area contributed by atoms with Gasteiger partial charge in [-0.3, -0.25) is 4.79 Å². The van der Waals surface area contributed by atoms with Crippen LogP contribution in [0.1, 0.15) is 12.5 Å². The second-order valence-corrected chi connectivity index (χ2v) is 5.05. The van der Waals surface area contributed by atoms with Crippen molar-refractivity contribution in [1.29, 1.82) is 0 Å². The molecule has 3 N–H and O–H groups in total. The van der Waals surface area contributed by atoms with E-state index in [0.29, 0.717) is 22.8 Å². The molecule has 0 aromatic heterocycles. The Morgan fingerprint density at radius 2 is 2.14 bits per heavy atom. The average Bonchev–Trinajstić information content (AvgIpc) is 2.34. The van der Waals surface area contributed by atoms with Gasteiger partial charge in [0, 0.05) is 11.1 Å². The van der Waals surface area contributed by atoms with E-state index in [4.69, 9.17) is 22.1 Å². The molecule has 21 heavy (non-hydrogen) atoms. The van der Waals surface area contributed by atoms with Crippen molar-refractivity contribution < 1.29 is 22.7 Å². The normalized spacial score (nSPS) is 12.9. The lowest BCUT2D eigenvalue weighted by atomic mass is 10.1. The van der Waals surface area contributed by atoms with E-state index in [0.717, 1.165) is 0 Å². The van der Waals surface area contributed by atoms with Crippen LogP contribution in [0.25, 0.3) is 0 Å². The van der Waals surface area contributed by atoms with Crippen molar-refractivity contribution in [2.24, 2.45) is 5.73 Å². The van der Waals surface area contributed by atoms with Crippen LogP contribution in [0.4, 0.5) is 13.2 Å². The van der Waals surface area contributed by atoms with Gasteiger partial charge in [0.25, 0.3) is 5.91 Å². The van der Waals surface area contributed by atoms with Gasteiger partial charge in [0.15, 0.2) is 6.61 Å². The Labute approximate surface area is 125 Å². The maximum absolute atomic E-state index is 11.9. The highest BCUT2D eigenvalue weighted by atomic mass is 35.5. The number of alkyl halides is 3. The number of nitrogens with two attached hydrogens (primary N) is 1. The zero-order valence-corrected chi connectivity index (χ0v) is 12.1. The summed E-state index contributed by atoms with van der Waals surface area (Å²) >= 11 is 5.86. The first-order valence-electron chi connectivity index (χ1n) is 6.17. The van der Waals surface area contributed by atoms with Crippen LogP contribution in [0.5, 0.6) is 5.75 Å². The Bertz CT molecular complexity index is 493. The molecular weight excluding hydrogens is 309 g/mol. The molecule has 1 aromatic carbocycles. The maximum atomic E-state index is 11.9. The fourth-order valence-corrected chi connectivity index (χ4v) is 1.78. The molecule has 8 heteroatoms. The first-order chi connectivity index (χ1) is 9.67. The van der Waals surface area contributed by atoms with Crippen LogP contribution >= 0.6 is 11.6 Å². The van der Waals surface area contributed by atoms with Crippen LogP contribution in [0.15, 0.2) is 18.2 Å². The molecule has 1 unspecified atom stereocenters. The quantitative estimate of drug-likeness (QED) is 0.844. The summed E-state index contributed by atoms with van der Waals surface area (Å²) in [6, 6.07) is 4.62. The number of carbonyl (C=O) groups is 1. The van der Waals surface area contributed by atoms with E-state index in [1.807, 2.05) is 0 Å². The molecule has 1 aromatic rings. The van der Waals surface area contributed by atoms with Gasteiger partial charge in [-0.05, 0) is 37.1 Å². The monoisotopic (exact) mass is 324 g/mol. The Morgan fingerprint density at radius 3 is 2.71 bits per heavy atom. The highest BCUT2D eigenvalue weighted by Crippen LogP contribution is 2.24. The highest BCUT2D eigenvalue weighted by Gasteiger charge is 2.27. The molecule has 0 bridgehead atoms. The highest BCUT2D eigenvalue weighted by molar-refractivity contribution is 6.30. The molecule has 0 radical (unpaired) electrons. The lowest BCUT2D eigenvalue weighted by molar-refractivity contribution is -0.139. The third-order valence-electron chi connectivity index (χ3n) is 2.41. The zero-order valence-electron chi connectivity index (χ0n) is 11.3. The lowest BCUT2D eigenvalue weighted by Gasteiger charge is -2.14. The first-order valence-corrected chi connectivity index (χ1v) is 6.55. The molecule has 0 aliphatic rings. The number of nitrogens with one attached hydrogen (secondary N) is 1. The van der Waals surface area contributed by atoms with Crippen molar-refractivity contribution in [2.75, 3.05) is 13.2 Å². The second-order valence-electron chi connectivity index (χ2n) is 4.61. The van der Waals surface area contributed by atoms with E-state index >= 15 is 0 Å². The van der Waals surface area contributed by atoms with Gasteiger partial charge in [0.05, 0.1) is 0 Å². The van der Waals surface area contributed by atoms with Gasteiger partial charge in [-0.1, -0.05) is 11.6 Å². The summed E-state index contributed by atoms with van der Waals surface area (Å²) in [5.41, 5.74) is 6.39. The van der Waals surface area contributed by atoms with Crippen molar-refractivity contribution in [3.05, 3.63) is 28.8 Å². The van der Waals surface area contributed by atoms with E-state index < -0.39 is 25.2 Å². The number of ether oxygens (including phenoxy) is 1. The molecular formula is C13H16ClF3N2O2. The minimum atomic E-state index is -4.45. The Hall–Kier alpha value is -1.47. The molecule has 0 aliphatic heterocycles. The van der Waals surface area contributed by atoms with E-state index in [1.54, 1.807) is 30.4 Å². The smallest absolute Gasteiger partial charge is 0.405 e. The predicted molar refractivity (Wildman–Crippen MR) is 73.4 cm³/mol. The van der Waals surface area contributed by atoms with Gasteiger partial charge >= 0.3 is 6.18 Å². The Morgan fingerprint density at radius 1 is 1.48 bits per heavy atom. The maximum Gasteiger partial charge on any atom is 0.405 e. The van der Waals surface area contributed by atoms with Crippen LogP contribution < -0.4 is 15.8 Å². The second kappa shape index (κ2) is 7.51. The van der Waals surface area contributed by atoms with Crippen LogP contribution in [0, 0.1) is 0 Å². The number of hydrogen-bond acceptors (Lipinski definition) is 3. The largest absolute Gasteiger partial charge is 0.483 e. The predicted octanol–water partition coefficient (Wildman–Crippen LogP) is 2.29. The van der Waals surface area contributed by atoms with E-state index in [2.05, 4.69) is 0 Å². The Kier molecular flexibility index (Phi) is 6.29. The van der Waals surface area contributed by atoms with Crippen molar-refractivity contribution in [2.45, 2.75) is 25.6 Å². The summed E-state index contributed by atoms with van der Waals surface area (Å²) in [7, 11) is 0. The third-order valence-corrected chi connectivity index (χ3v) is 2.64. The number of benzene rings is 1. The van der Waals surface area contributed by atoms with E-state index in [-0.39, 0.29) is 6.04 Å². The summed E-state index contributed by atoms with van der Waals surface area (Å²) in [5.74, 6) is -0.479. The standard InChI is InChI=1S/C13H16ClF3N2O2/c1-8(18)4-9-5-10(14)2-3-11(9)21-6-12(20)19-7-13(15,16)17/h2-3,5,8H,4,6-7,18H2,1H3,(H,19,20). The molecule has 0 saturated carbocycles. The first kappa shape index (κ1) is 17.6. The SMILES string of the molecule is CC(N)Cc1cc(Cl)ccc1OCC(=O)NCC(F)(F)F. The molecule has 1 rings (SSSR count). The van der Waals surface area contributed by atoms with Crippen LogP contribution in [0.3, 0.4) is 0 Å². The van der Waals surface area contributed by atoms with E-state index in [9.17, 15) is 18.0 Å². The van der Waals surface area contributed by atoms with Gasteiger partial charge in [0.2, 0.25) is 0 Å². The lowest BCUT2D eigenvalue weighted by Crippen LogP contribution is -2.36. The van der Waals surface area contributed by atoms with Crippen molar-refractivity contribution >= 4 is 17.5 Å². The summed E-state index contributed by atoms with van der Waals surface area (Å²) in [5, 5.41) is 2.21. The van der Waals surface area contributed by atoms with Gasteiger partial charge in [-0.15, -0.1) is 0 Å². The summed E-state index contributed by atoms with van der Waals surface area (Å²) in [6.45, 7) is -0.104. The Balaban J connectivity index is 2.60. The summed E-state index contributed by atoms with van der Waals surface area (Å²) in [6.07, 6.45) is -3.98. The number of halogens is 4. The molecule has 0 saturated heterocycles. The molecule has 1 amide bonds. The van der Waals surface area contributed by atoms with E-state index in [1.165, 1.54) is 0 Å². The van der Waals surface area contributed by atoms with Crippen LogP contribution in [-0.4, -0.2) is 31.3 Å². The van der Waals surface area contributed by atoms with Crippen molar-refractivity contribution in [3.8, 4) is 5.75 Å². The molecule has 0 aliphatic carbocycles. The van der Waals surface area contributed by atoms with Crippen molar-refractivity contribution in [3.63, 3.8) is 0 Å². The van der Waals surface area contributed by atoms with Crippen LogP contribution in [-0.2, 0) is 11.2 Å². The number of rotatable bonds is 6. The number of hydrogen-bond donors (Lipinski definition) is 2. The van der Waals surface area contributed by atoms with Gasteiger partial charge in [-0.2, -0.15) is 13.2 Å². The number of amides is 1. The fourth-order valence-electron chi connectivity index (χ4n) is 1.59. The summed E-state index contributed by atoms with van der Waals surface area (Å²) < 4.78 is 41.1. The number of carbonyl (C=O) groups excluding carboxylic acids is 1. The topological polar surface area (TPSA) is 64.3 Å².